The van der Waals surface area contributed by atoms with E-state index in [2.05, 4.69) is 30.8 Å². The molecule has 9 nitrogen and oxygen atoms in total. The summed E-state index contributed by atoms with van der Waals surface area (Å²) in [6.07, 6.45) is 0.631. The Labute approximate surface area is 250 Å². The van der Waals surface area contributed by atoms with Crippen LogP contribution in [0.4, 0.5) is 5.69 Å². The van der Waals surface area contributed by atoms with Crippen LogP contribution in [0, 0.1) is 0 Å². The molecule has 11 heteroatoms. The second kappa shape index (κ2) is 15.2. The van der Waals surface area contributed by atoms with Gasteiger partial charge >= 0.3 is 0 Å². The van der Waals surface area contributed by atoms with Gasteiger partial charge in [-0.3, -0.25) is 14.8 Å². The lowest BCUT2D eigenvalue weighted by atomic mass is 10.0. The molecule has 42 heavy (non-hydrogen) atoms. The average Bonchev–Trinajstić information content (AvgIpc) is 2.98. The molecule has 0 saturated carbocycles. The first kappa shape index (κ1) is 33.1. The maximum absolute atomic E-state index is 12.5. The lowest BCUT2D eigenvalue weighted by Crippen LogP contribution is -2.42. The van der Waals surface area contributed by atoms with Gasteiger partial charge in [0.05, 0.1) is 25.2 Å². The van der Waals surface area contributed by atoms with Crippen molar-refractivity contribution in [3.05, 3.63) is 89.5 Å². The molecule has 1 unspecified atom stereocenters. The number of methoxy groups -OCH3 is 1. The number of benzene rings is 3. The maximum atomic E-state index is 12.5. The number of hydrogen-bond acceptors (Lipinski definition) is 7. The second-order valence-corrected chi connectivity index (χ2v) is 16.7. The third-order valence-corrected chi connectivity index (χ3v) is 12.7. The van der Waals surface area contributed by atoms with E-state index < -0.39 is 36.4 Å². The molecule has 0 aliphatic rings. The van der Waals surface area contributed by atoms with Gasteiger partial charge in [0.2, 0.25) is 15.9 Å². The molecule has 3 rings (SSSR count). The van der Waals surface area contributed by atoms with E-state index in [9.17, 15) is 13.2 Å². The first-order valence-corrected chi connectivity index (χ1v) is 18.6. The van der Waals surface area contributed by atoms with E-state index in [1.807, 2.05) is 36.4 Å². The predicted molar refractivity (Wildman–Crippen MR) is 170 cm³/mol. The Kier molecular flexibility index (Phi) is 12.0. The Morgan fingerprint density at radius 3 is 2.10 bits per heavy atom. The van der Waals surface area contributed by atoms with Crippen LogP contribution in [-0.4, -0.2) is 42.6 Å². The molecule has 0 aliphatic heterocycles. The minimum absolute atomic E-state index is 0.275. The molecule has 3 aromatic rings. The maximum Gasteiger partial charge on any atom is 0.239 e. The first-order chi connectivity index (χ1) is 20.0. The fourth-order valence-corrected chi connectivity index (χ4v) is 8.20. The highest BCUT2D eigenvalue weighted by Crippen LogP contribution is 2.35. The van der Waals surface area contributed by atoms with Crippen molar-refractivity contribution in [2.75, 3.05) is 24.6 Å². The van der Waals surface area contributed by atoms with E-state index in [1.165, 1.54) is 0 Å². The van der Waals surface area contributed by atoms with E-state index in [1.54, 1.807) is 43.5 Å². The van der Waals surface area contributed by atoms with Gasteiger partial charge in [-0.05, 0) is 59.1 Å². The van der Waals surface area contributed by atoms with Gasteiger partial charge in [-0.1, -0.05) is 69.3 Å². The molecule has 0 heterocycles. The smallest absolute Gasteiger partial charge is 0.239 e. The minimum Gasteiger partial charge on any atom is -0.497 e. The number of primary amides is 1. The lowest BCUT2D eigenvalue weighted by Gasteiger charge is -2.34. The van der Waals surface area contributed by atoms with Crippen LogP contribution in [-0.2, 0) is 25.9 Å². The highest BCUT2D eigenvalue weighted by atomic mass is 32.2. The van der Waals surface area contributed by atoms with Crippen LogP contribution in [0.5, 0.6) is 11.5 Å². The molecule has 228 valence electrons. The molecule has 4 N–H and O–H groups in total. The van der Waals surface area contributed by atoms with E-state index in [-0.39, 0.29) is 13.2 Å². The third-order valence-electron chi connectivity index (χ3n) is 7.47. The molecule has 0 spiro atoms. The molecule has 2 atom stereocenters. The lowest BCUT2D eigenvalue weighted by molar-refractivity contribution is -0.120. The second-order valence-electron chi connectivity index (χ2n) is 10.3. The zero-order chi connectivity index (χ0) is 30.8. The van der Waals surface area contributed by atoms with E-state index in [0.29, 0.717) is 22.7 Å². The molecule has 0 bridgehead atoms. The van der Waals surface area contributed by atoms with Gasteiger partial charge in [0.25, 0.3) is 0 Å². The number of nitrogens with two attached hydrogens (primary N) is 1. The summed E-state index contributed by atoms with van der Waals surface area (Å²) in [6, 6.07) is 24.2. The number of anilines is 1. The molecule has 1 amide bonds. The average molecular weight is 614 g/mol. The van der Waals surface area contributed by atoms with E-state index in [4.69, 9.17) is 19.6 Å². The first-order valence-electron chi connectivity index (χ1n) is 14.2. The van der Waals surface area contributed by atoms with Crippen molar-refractivity contribution in [2.24, 2.45) is 5.73 Å². The third kappa shape index (κ3) is 9.31. The molecule has 0 aliphatic carbocycles. The molecular formula is C31H43N3O6SSi. The van der Waals surface area contributed by atoms with Crippen LogP contribution in [0.25, 0.3) is 0 Å². The zero-order valence-corrected chi connectivity index (χ0v) is 26.9. The number of sulfonamides is 1. The van der Waals surface area contributed by atoms with Gasteiger partial charge in [0.1, 0.15) is 24.1 Å². The van der Waals surface area contributed by atoms with E-state index in [0.717, 1.165) is 35.5 Å². The van der Waals surface area contributed by atoms with Gasteiger partial charge in [0.15, 0.2) is 8.32 Å². The zero-order valence-electron chi connectivity index (χ0n) is 25.1. The van der Waals surface area contributed by atoms with E-state index >= 15 is 0 Å². The molecule has 0 fully saturated rings. The SMILES string of the molecule is CC[Si](CC)(CC)O[C@@H](CNC(C(N)=O)c1ccc(OC)cc1)c1ccc(OCc2ccccc2)c(NS(C)(=O)=O)c1. The van der Waals surface area contributed by atoms with Crippen LogP contribution in [0.15, 0.2) is 72.8 Å². The normalized spacial score (nSPS) is 13.3. The summed E-state index contributed by atoms with van der Waals surface area (Å²) in [5.41, 5.74) is 8.54. The number of rotatable bonds is 17. The van der Waals surface area contributed by atoms with Gasteiger partial charge in [-0.25, -0.2) is 8.42 Å². The number of hydrogen-bond donors (Lipinski definition) is 3. The quantitative estimate of drug-likeness (QED) is 0.171. The molecule has 0 radical (unpaired) electrons. The van der Waals surface area contributed by atoms with Crippen LogP contribution < -0.4 is 25.2 Å². The summed E-state index contributed by atoms with van der Waals surface area (Å²) in [7, 11) is -4.16. The minimum atomic E-state index is -3.60. The summed E-state index contributed by atoms with van der Waals surface area (Å²) in [5, 5.41) is 3.31. The van der Waals surface area contributed by atoms with Crippen molar-refractivity contribution in [3.8, 4) is 11.5 Å². The van der Waals surface area contributed by atoms with Gasteiger partial charge in [-0.2, -0.15) is 0 Å². The highest BCUT2D eigenvalue weighted by Gasteiger charge is 2.33. The number of carbonyl (C=O) groups excluding carboxylic acids is 1. The number of carbonyl (C=O) groups is 1. The van der Waals surface area contributed by atoms with Gasteiger partial charge < -0.3 is 19.6 Å². The fraction of sp³-hybridized carbons (Fsp3) is 0.387. The summed E-state index contributed by atoms with van der Waals surface area (Å²) in [4.78, 5) is 12.5. The number of nitrogens with one attached hydrogen (secondary N) is 2. The Morgan fingerprint density at radius 2 is 1.55 bits per heavy atom. The number of amides is 1. The number of ether oxygens (including phenoxy) is 2. The molecular weight excluding hydrogens is 571 g/mol. The van der Waals surface area contributed by atoms with Crippen molar-refractivity contribution in [1.82, 2.24) is 5.32 Å². The topological polar surface area (TPSA) is 129 Å². The van der Waals surface area contributed by atoms with Crippen molar-refractivity contribution in [3.63, 3.8) is 0 Å². The summed E-state index contributed by atoms with van der Waals surface area (Å²) >= 11 is 0. The Morgan fingerprint density at radius 1 is 0.929 bits per heavy atom. The van der Waals surface area contributed by atoms with Crippen molar-refractivity contribution in [1.29, 1.82) is 0 Å². The van der Waals surface area contributed by atoms with Crippen molar-refractivity contribution in [2.45, 2.75) is 57.7 Å². The Hall–Kier alpha value is -3.38. The summed E-state index contributed by atoms with van der Waals surface area (Å²) in [6.45, 7) is 6.98. The molecule has 0 aromatic heterocycles. The van der Waals surface area contributed by atoms with Crippen LogP contribution in [0.2, 0.25) is 18.1 Å². The van der Waals surface area contributed by atoms with Gasteiger partial charge in [-0.15, -0.1) is 0 Å². The fourth-order valence-electron chi connectivity index (χ4n) is 4.82. The van der Waals surface area contributed by atoms with Crippen LogP contribution in [0.1, 0.15) is 49.6 Å². The molecule has 0 saturated heterocycles. The Bertz CT molecular complexity index is 1390. The largest absolute Gasteiger partial charge is 0.497 e. The predicted octanol–water partition coefficient (Wildman–Crippen LogP) is 5.52. The summed E-state index contributed by atoms with van der Waals surface area (Å²) in [5.74, 6) is 0.555. The highest BCUT2D eigenvalue weighted by molar-refractivity contribution is 7.92. The summed E-state index contributed by atoms with van der Waals surface area (Å²) < 4.78 is 45.4. The molecule has 3 aromatic carbocycles. The van der Waals surface area contributed by atoms with Crippen LogP contribution in [0.3, 0.4) is 0 Å². The monoisotopic (exact) mass is 613 g/mol. The van der Waals surface area contributed by atoms with Crippen molar-refractivity contribution >= 4 is 29.9 Å². The Balaban J connectivity index is 1.97. The van der Waals surface area contributed by atoms with Crippen LogP contribution >= 0.6 is 0 Å². The standard InChI is InChI=1S/C31H43N3O6SSi/c1-6-42(7-2,8-3)40-29(21-33-30(31(32)35)24-14-17-26(38-4)18-15-24)25-16-19-28(27(20-25)34-41(5,36)37)39-22-23-12-10-9-11-13-23/h9-20,29-30,33-34H,6-8,21-22H2,1-5H3,(H2,32,35)/t29-,30?/m0/s1. The van der Waals surface area contributed by atoms with Gasteiger partial charge in [0, 0.05) is 6.54 Å². The van der Waals surface area contributed by atoms with Crippen molar-refractivity contribution < 1.29 is 27.1 Å².